The van der Waals surface area contributed by atoms with Crippen LogP contribution in [0.2, 0.25) is 0 Å². The summed E-state index contributed by atoms with van der Waals surface area (Å²) in [6.45, 7) is 5.00. The van der Waals surface area contributed by atoms with E-state index in [2.05, 4.69) is 10.6 Å². The maximum absolute atomic E-state index is 11.7. The van der Waals surface area contributed by atoms with Crippen LogP contribution in [0.15, 0.2) is 0 Å². The summed E-state index contributed by atoms with van der Waals surface area (Å²) < 4.78 is 0. The molecule has 0 bridgehead atoms. The fourth-order valence-corrected chi connectivity index (χ4v) is 0.902. The number of nitrogens with one attached hydrogen (secondary N) is 2. The van der Waals surface area contributed by atoms with Gasteiger partial charge in [-0.2, -0.15) is 0 Å². The molecule has 9 heteroatoms. The number of hydrogen-bond donors (Lipinski definition) is 4. The number of hydrogen-bond acceptors (Lipinski definition) is 4. The first-order valence-electron chi connectivity index (χ1n) is 5.66. The third-order valence-corrected chi connectivity index (χ3v) is 2.52. The highest BCUT2D eigenvalue weighted by molar-refractivity contribution is 5.97. The molecule has 0 aromatic carbocycles. The Morgan fingerprint density at radius 1 is 0.800 bits per heavy atom. The van der Waals surface area contributed by atoms with Crippen LogP contribution >= 0.6 is 0 Å². The van der Waals surface area contributed by atoms with Crippen LogP contribution in [0.25, 0.3) is 0 Å². The van der Waals surface area contributed by atoms with Gasteiger partial charge >= 0.3 is 24.0 Å². The van der Waals surface area contributed by atoms with Crippen LogP contribution in [0.5, 0.6) is 0 Å². The van der Waals surface area contributed by atoms with Gasteiger partial charge in [0, 0.05) is 7.05 Å². The van der Waals surface area contributed by atoms with Crippen LogP contribution in [0.1, 0.15) is 27.7 Å². The number of amides is 4. The number of carboxylic acids is 2. The zero-order valence-corrected chi connectivity index (χ0v) is 12.0. The second-order valence-corrected chi connectivity index (χ2v) is 5.28. The van der Waals surface area contributed by atoms with Gasteiger partial charge in [0.1, 0.15) is 11.1 Å². The minimum Gasteiger partial charge on any atom is -0.480 e. The molecule has 0 saturated carbocycles. The lowest BCUT2D eigenvalue weighted by Gasteiger charge is -2.27. The molecule has 0 radical (unpaired) electrons. The molecule has 114 valence electrons. The van der Waals surface area contributed by atoms with Crippen molar-refractivity contribution in [2.24, 2.45) is 0 Å². The van der Waals surface area contributed by atoms with Crippen LogP contribution in [0.4, 0.5) is 9.59 Å². The molecule has 0 heterocycles. The topological polar surface area (TPSA) is 136 Å². The number of imide groups is 1. The summed E-state index contributed by atoms with van der Waals surface area (Å²) in [4.78, 5) is 45.7. The van der Waals surface area contributed by atoms with Gasteiger partial charge in [0.15, 0.2) is 0 Å². The van der Waals surface area contributed by atoms with Gasteiger partial charge < -0.3 is 20.8 Å². The first kappa shape index (κ1) is 17.7. The van der Waals surface area contributed by atoms with E-state index in [9.17, 15) is 19.2 Å². The quantitative estimate of drug-likeness (QED) is 0.578. The number of urea groups is 2. The van der Waals surface area contributed by atoms with Crippen LogP contribution < -0.4 is 10.6 Å². The molecule has 0 saturated heterocycles. The lowest BCUT2D eigenvalue weighted by molar-refractivity contribution is -0.143. The maximum Gasteiger partial charge on any atom is 0.328 e. The van der Waals surface area contributed by atoms with Gasteiger partial charge in [-0.15, -0.1) is 0 Å². The Bertz CT molecular complexity index is 403. The molecule has 0 aliphatic carbocycles. The number of aliphatic carboxylic acids is 2. The summed E-state index contributed by atoms with van der Waals surface area (Å²) in [5.41, 5.74) is -3.12. The number of carbonyl (C=O) groups is 4. The van der Waals surface area contributed by atoms with Gasteiger partial charge in [0.25, 0.3) is 0 Å². The average Bonchev–Trinajstić information content (AvgIpc) is 2.26. The van der Waals surface area contributed by atoms with Crippen LogP contribution in [0, 0.1) is 0 Å². The van der Waals surface area contributed by atoms with Crippen molar-refractivity contribution in [3.8, 4) is 0 Å². The minimum atomic E-state index is -1.56. The molecular formula is C11H19N3O6. The Kier molecular flexibility index (Phi) is 5.09. The van der Waals surface area contributed by atoms with Crippen LogP contribution in [-0.2, 0) is 9.59 Å². The van der Waals surface area contributed by atoms with Gasteiger partial charge in [0.2, 0.25) is 0 Å². The molecule has 20 heavy (non-hydrogen) atoms. The van der Waals surface area contributed by atoms with Gasteiger partial charge in [-0.25, -0.2) is 24.1 Å². The van der Waals surface area contributed by atoms with Crippen LogP contribution in [0.3, 0.4) is 0 Å². The monoisotopic (exact) mass is 289 g/mol. The fraction of sp³-hybridized carbons (Fsp3) is 0.636. The lowest BCUT2D eigenvalue weighted by atomic mass is 10.1. The molecule has 0 atom stereocenters. The van der Waals surface area contributed by atoms with Crippen molar-refractivity contribution in [2.45, 2.75) is 38.8 Å². The maximum atomic E-state index is 11.7. The first-order chi connectivity index (χ1) is 8.81. The Morgan fingerprint density at radius 2 is 1.05 bits per heavy atom. The average molecular weight is 289 g/mol. The van der Waals surface area contributed by atoms with E-state index in [4.69, 9.17) is 10.2 Å². The van der Waals surface area contributed by atoms with Gasteiger partial charge in [-0.3, -0.25) is 0 Å². The van der Waals surface area contributed by atoms with E-state index >= 15 is 0 Å². The van der Waals surface area contributed by atoms with Gasteiger partial charge in [-0.1, -0.05) is 0 Å². The Balaban J connectivity index is 4.80. The van der Waals surface area contributed by atoms with Crippen molar-refractivity contribution in [1.82, 2.24) is 15.5 Å². The third-order valence-electron chi connectivity index (χ3n) is 2.52. The summed E-state index contributed by atoms with van der Waals surface area (Å²) in [5, 5.41) is 22.0. The lowest BCUT2D eigenvalue weighted by Crippen LogP contribution is -2.59. The van der Waals surface area contributed by atoms with Gasteiger partial charge in [0.05, 0.1) is 0 Å². The molecule has 0 aliphatic heterocycles. The molecule has 0 spiro atoms. The summed E-state index contributed by atoms with van der Waals surface area (Å²) in [5.74, 6) is -2.55. The molecule has 0 unspecified atom stereocenters. The van der Waals surface area contributed by atoms with E-state index < -0.39 is 35.1 Å². The fourth-order valence-electron chi connectivity index (χ4n) is 0.902. The van der Waals surface area contributed by atoms with E-state index in [1.807, 2.05) is 0 Å². The van der Waals surface area contributed by atoms with E-state index in [1.54, 1.807) is 0 Å². The van der Waals surface area contributed by atoms with Crippen molar-refractivity contribution in [3.05, 3.63) is 0 Å². The highest BCUT2D eigenvalue weighted by Crippen LogP contribution is 2.05. The van der Waals surface area contributed by atoms with Crippen molar-refractivity contribution < 1.29 is 29.4 Å². The predicted molar refractivity (Wildman–Crippen MR) is 68.3 cm³/mol. The summed E-state index contributed by atoms with van der Waals surface area (Å²) in [6.07, 6.45) is 0. The zero-order chi connectivity index (χ0) is 16.3. The Labute approximate surface area is 115 Å². The molecule has 9 nitrogen and oxygen atoms in total. The number of carbonyl (C=O) groups excluding carboxylic acids is 2. The number of carboxylic acid groups (broad SMARTS) is 2. The summed E-state index contributed by atoms with van der Waals surface area (Å²) in [6, 6.07) is -1.92. The molecule has 0 aliphatic rings. The molecule has 0 fully saturated rings. The van der Waals surface area contributed by atoms with Crippen molar-refractivity contribution in [3.63, 3.8) is 0 Å². The Morgan fingerprint density at radius 3 is 1.25 bits per heavy atom. The smallest absolute Gasteiger partial charge is 0.328 e. The minimum absolute atomic E-state index is 0.565. The third kappa shape index (κ3) is 4.41. The Hall–Kier alpha value is -2.32. The standard InChI is InChI=1S/C11H19N3O6/c1-10(2,6(15)16)12-8(19)14(5)9(20)13-11(3,4)7(17)18/h1-5H3,(H,12,19)(H,13,20)(H,15,16)(H,17,18). The largest absolute Gasteiger partial charge is 0.480 e. The molecule has 4 amide bonds. The van der Waals surface area contributed by atoms with Gasteiger partial charge in [-0.05, 0) is 27.7 Å². The second kappa shape index (κ2) is 5.76. The highest BCUT2D eigenvalue weighted by Gasteiger charge is 2.34. The SMILES string of the molecule is CN(C(=O)NC(C)(C)C(=O)O)C(=O)NC(C)(C)C(=O)O. The van der Waals surface area contributed by atoms with E-state index in [1.165, 1.54) is 27.7 Å². The predicted octanol–water partition coefficient (Wildman–Crippen LogP) is 0.0638. The molecule has 0 aromatic heterocycles. The van der Waals surface area contributed by atoms with E-state index in [0.717, 1.165) is 7.05 Å². The first-order valence-corrected chi connectivity index (χ1v) is 5.66. The molecular weight excluding hydrogens is 270 g/mol. The second-order valence-electron chi connectivity index (χ2n) is 5.28. The molecule has 0 rings (SSSR count). The normalized spacial score (nSPS) is 11.4. The summed E-state index contributed by atoms with van der Waals surface area (Å²) in [7, 11) is 1.10. The van der Waals surface area contributed by atoms with Crippen LogP contribution in [-0.4, -0.2) is 57.2 Å². The summed E-state index contributed by atoms with van der Waals surface area (Å²) >= 11 is 0. The van der Waals surface area contributed by atoms with Crippen molar-refractivity contribution >= 4 is 24.0 Å². The number of nitrogens with zero attached hydrogens (tertiary/aromatic N) is 1. The van der Waals surface area contributed by atoms with E-state index in [-0.39, 0.29) is 0 Å². The van der Waals surface area contributed by atoms with Crippen molar-refractivity contribution in [2.75, 3.05) is 7.05 Å². The molecule has 0 aromatic rings. The zero-order valence-electron chi connectivity index (χ0n) is 12.0. The van der Waals surface area contributed by atoms with E-state index in [0.29, 0.717) is 4.90 Å². The highest BCUT2D eigenvalue weighted by atomic mass is 16.4. The number of rotatable bonds is 4. The molecule has 4 N–H and O–H groups in total. The van der Waals surface area contributed by atoms with Crippen molar-refractivity contribution in [1.29, 1.82) is 0 Å².